The van der Waals surface area contributed by atoms with Crippen LogP contribution < -0.4 is 4.74 Å². The van der Waals surface area contributed by atoms with E-state index in [1.807, 2.05) is 30.3 Å². The molecular formula is C15H11BrO3. The van der Waals surface area contributed by atoms with Crippen molar-refractivity contribution < 1.29 is 14.6 Å². The van der Waals surface area contributed by atoms with Crippen LogP contribution >= 0.6 is 15.9 Å². The number of aliphatic hydroxyl groups excluding tert-OH is 1. The number of Topliss-reactive ketones (excluding diaryl/α,β-unsaturated/α-hetero) is 1. The van der Waals surface area contributed by atoms with Gasteiger partial charge in [-0.15, -0.1) is 0 Å². The molecule has 0 bridgehead atoms. The summed E-state index contributed by atoms with van der Waals surface area (Å²) in [6, 6.07) is 14.4. The van der Waals surface area contributed by atoms with E-state index in [1.54, 1.807) is 18.2 Å². The van der Waals surface area contributed by atoms with Crippen molar-refractivity contribution in [1.82, 2.24) is 0 Å². The van der Waals surface area contributed by atoms with Crippen molar-refractivity contribution in [1.29, 1.82) is 0 Å². The van der Waals surface area contributed by atoms with Gasteiger partial charge in [0.25, 0.3) is 0 Å². The number of ketones is 1. The molecule has 0 spiro atoms. The van der Waals surface area contributed by atoms with Gasteiger partial charge in [-0.1, -0.05) is 40.2 Å². The second-order valence-electron chi connectivity index (χ2n) is 4.40. The first-order valence-corrected chi connectivity index (χ1v) is 6.69. The van der Waals surface area contributed by atoms with Crippen LogP contribution in [0.3, 0.4) is 0 Å². The number of rotatable bonds is 1. The number of para-hydroxylation sites is 1. The van der Waals surface area contributed by atoms with Crippen LogP contribution in [0.1, 0.15) is 22.0 Å². The quantitative estimate of drug-likeness (QED) is 0.878. The minimum atomic E-state index is -1.17. The number of hydrogen-bond acceptors (Lipinski definition) is 3. The molecule has 0 amide bonds. The van der Waals surface area contributed by atoms with E-state index >= 15 is 0 Å². The van der Waals surface area contributed by atoms with Crippen LogP contribution in [0, 0.1) is 0 Å². The van der Waals surface area contributed by atoms with E-state index in [1.165, 1.54) is 0 Å². The Labute approximate surface area is 119 Å². The van der Waals surface area contributed by atoms with Gasteiger partial charge in [-0.3, -0.25) is 4.79 Å². The summed E-state index contributed by atoms with van der Waals surface area (Å²) in [7, 11) is 0. The lowest BCUT2D eigenvalue weighted by Gasteiger charge is -2.29. The molecular weight excluding hydrogens is 308 g/mol. The Kier molecular flexibility index (Phi) is 3.12. The van der Waals surface area contributed by atoms with Crippen LogP contribution in [0.15, 0.2) is 53.0 Å². The number of fused-ring (bicyclic) bond motifs is 1. The number of benzene rings is 2. The molecule has 0 unspecified atom stereocenters. The van der Waals surface area contributed by atoms with Crippen LogP contribution in [0.2, 0.25) is 0 Å². The number of aliphatic hydroxyl groups is 1. The van der Waals surface area contributed by atoms with Gasteiger partial charge in [-0.25, -0.2) is 0 Å². The van der Waals surface area contributed by atoms with Crippen molar-refractivity contribution in [2.24, 2.45) is 0 Å². The van der Waals surface area contributed by atoms with E-state index in [2.05, 4.69) is 15.9 Å². The number of carbonyl (C=O) groups is 1. The maximum Gasteiger partial charge on any atom is 0.199 e. The second-order valence-corrected chi connectivity index (χ2v) is 5.31. The molecule has 1 heterocycles. The lowest BCUT2D eigenvalue weighted by Crippen LogP contribution is -2.36. The van der Waals surface area contributed by atoms with Gasteiger partial charge in [0.05, 0.1) is 5.56 Å². The van der Waals surface area contributed by atoms with Gasteiger partial charge in [-0.2, -0.15) is 0 Å². The predicted octanol–water partition coefficient (Wildman–Crippen LogP) is 3.13. The fraction of sp³-hybridized carbons (Fsp3) is 0.133. The minimum absolute atomic E-state index is 0.297. The molecule has 19 heavy (non-hydrogen) atoms. The minimum Gasteiger partial charge on any atom is -0.482 e. The summed E-state index contributed by atoms with van der Waals surface area (Å²) in [6.45, 7) is 0. The molecule has 2 aromatic carbocycles. The van der Waals surface area contributed by atoms with Gasteiger partial charge in [0, 0.05) is 4.47 Å². The largest absolute Gasteiger partial charge is 0.482 e. The Morgan fingerprint density at radius 1 is 1.05 bits per heavy atom. The molecule has 0 saturated heterocycles. The smallest absolute Gasteiger partial charge is 0.199 e. The Bertz CT molecular complexity index is 622. The van der Waals surface area contributed by atoms with E-state index in [-0.39, 0.29) is 5.78 Å². The molecule has 0 radical (unpaired) electrons. The third-order valence-electron chi connectivity index (χ3n) is 3.16. The molecule has 96 valence electrons. The second kappa shape index (κ2) is 4.79. The third-order valence-corrected chi connectivity index (χ3v) is 3.69. The lowest BCUT2D eigenvalue weighted by molar-refractivity contribution is 0.0216. The Hall–Kier alpha value is -1.65. The van der Waals surface area contributed by atoms with E-state index in [4.69, 9.17) is 4.74 Å². The molecule has 4 heteroatoms. The number of halogens is 1. The maximum absolute atomic E-state index is 12.1. The summed E-state index contributed by atoms with van der Waals surface area (Å²) in [5.41, 5.74) is 1.21. The van der Waals surface area contributed by atoms with Crippen LogP contribution in [0.4, 0.5) is 0 Å². The Balaban J connectivity index is 2.01. The number of carbonyl (C=O) groups excluding carboxylic acids is 1. The van der Waals surface area contributed by atoms with Crippen molar-refractivity contribution in [2.75, 3.05) is 0 Å². The van der Waals surface area contributed by atoms with Crippen molar-refractivity contribution in [3.8, 4) is 5.75 Å². The van der Waals surface area contributed by atoms with Crippen LogP contribution in [0.5, 0.6) is 5.75 Å². The zero-order valence-electron chi connectivity index (χ0n) is 9.92. The average molecular weight is 319 g/mol. The van der Waals surface area contributed by atoms with E-state index < -0.39 is 12.2 Å². The summed E-state index contributed by atoms with van der Waals surface area (Å²) in [4.78, 5) is 12.1. The van der Waals surface area contributed by atoms with Gasteiger partial charge >= 0.3 is 0 Å². The standard InChI is InChI=1S/C15H11BrO3/c16-10-7-5-9(6-8-10)15-14(18)13(17)11-3-1-2-4-12(11)19-15/h1-8,14-15,18H/t14-,15+/m1/s1. The molecule has 3 nitrogen and oxygen atoms in total. The average Bonchev–Trinajstić information content (AvgIpc) is 2.44. The lowest BCUT2D eigenvalue weighted by atomic mass is 9.94. The Morgan fingerprint density at radius 2 is 1.74 bits per heavy atom. The maximum atomic E-state index is 12.1. The van der Waals surface area contributed by atoms with Crippen molar-refractivity contribution >= 4 is 21.7 Å². The molecule has 2 aromatic rings. The highest BCUT2D eigenvalue weighted by atomic mass is 79.9. The summed E-state index contributed by atoms with van der Waals surface area (Å²) < 4.78 is 6.69. The summed E-state index contributed by atoms with van der Waals surface area (Å²) in [5, 5.41) is 10.1. The van der Waals surface area contributed by atoms with E-state index in [0.29, 0.717) is 11.3 Å². The normalized spacial score (nSPS) is 21.7. The fourth-order valence-electron chi connectivity index (χ4n) is 2.17. The van der Waals surface area contributed by atoms with Crippen LogP contribution in [-0.4, -0.2) is 17.0 Å². The first-order valence-electron chi connectivity index (χ1n) is 5.90. The SMILES string of the molecule is O=C1c2ccccc2O[C@@H](c2ccc(Br)cc2)[C@@H]1O. The van der Waals surface area contributed by atoms with E-state index in [9.17, 15) is 9.90 Å². The monoisotopic (exact) mass is 318 g/mol. The molecule has 2 atom stereocenters. The molecule has 1 aliphatic rings. The highest BCUT2D eigenvalue weighted by molar-refractivity contribution is 9.10. The van der Waals surface area contributed by atoms with Gasteiger partial charge in [0.1, 0.15) is 5.75 Å². The van der Waals surface area contributed by atoms with Crippen LogP contribution in [0.25, 0.3) is 0 Å². The third kappa shape index (κ3) is 2.17. The highest BCUT2D eigenvalue weighted by Gasteiger charge is 2.36. The molecule has 0 aromatic heterocycles. The first-order chi connectivity index (χ1) is 9.16. The number of hydrogen-bond donors (Lipinski definition) is 1. The molecule has 0 fully saturated rings. The molecule has 3 rings (SSSR count). The molecule has 1 aliphatic heterocycles. The summed E-state index contributed by atoms with van der Waals surface area (Å²) in [6.07, 6.45) is -1.83. The zero-order valence-corrected chi connectivity index (χ0v) is 11.5. The van der Waals surface area contributed by atoms with E-state index in [0.717, 1.165) is 10.0 Å². The topological polar surface area (TPSA) is 46.5 Å². The zero-order chi connectivity index (χ0) is 13.4. The molecule has 1 N–H and O–H groups in total. The van der Waals surface area contributed by atoms with Gasteiger partial charge in [0.15, 0.2) is 18.0 Å². The summed E-state index contributed by atoms with van der Waals surface area (Å²) in [5.74, 6) is 0.223. The van der Waals surface area contributed by atoms with Gasteiger partial charge in [-0.05, 0) is 29.8 Å². The molecule has 0 aliphatic carbocycles. The Morgan fingerprint density at radius 3 is 2.47 bits per heavy atom. The van der Waals surface area contributed by atoms with Crippen molar-refractivity contribution in [2.45, 2.75) is 12.2 Å². The first kappa shape index (κ1) is 12.4. The summed E-state index contributed by atoms with van der Waals surface area (Å²) >= 11 is 3.35. The van der Waals surface area contributed by atoms with Crippen molar-refractivity contribution in [3.05, 3.63) is 64.1 Å². The van der Waals surface area contributed by atoms with Gasteiger partial charge < -0.3 is 9.84 Å². The van der Waals surface area contributed by atoms with Crippen LogP contribution in [-0.2, 0) is 0 Å². The molecule has 0 saturated carbocycles. The highest BCUT2D eigenvalue weighted by Crippen LogP contribution is 2.35. The fourth-order valence-corrected chi connectivity index (χ4v) is 2.44. The van der Waals surface area contributed by atoms with Crippen molar-refractivity contribution in [3.63, 3.8) is 0 Å². The number of ether oxygens (including phenoxy) is 1. The predicted molar refractivity (Wildman–Crippen MR) is 74.3 cm³/mol. The van der Waals surface area contributed by atoms with Gasteiger partial charge in [0.2, 0.25) is 0 Å².